The monoisotopic (exact) mass is 760 g/mol. The largest absolute Gasteiger partial charge is 0.508 e. The van der Waals surface area contributed by atoms with E-state index in [1.807, 2.05) is 36.4 Å². The first kappa shape index (κ1) is 38.8. The number of carbonyl (C=O) groups is 1. The molecule has 0 aliphatic heterocycles. The van der Waals surface area contributed by atoms with Crippen molar-refractivity contribution in [3.63, 3.8) is 0 Å². The zero-order valence-electron chi connectivity index (χ0n) is 31.9. The molecule has 2 aliphatic carbocycles. The van der Waals surface area contributed by atoms with Gasteiger partial charge in [0.05, 0.1) is 25.2 Å². The third-order valence-corrected chi connectivity index (χ3v) is 11.8. The van der Waals surface area contributed by atoms with E-state index >= 15 is 0 Å². The molecule has 2 atom stereocenters. The summed E-state index contributed by atoms with van der Waals surface area (Å²) >= 11 is 0. The summed E-state index contributed by atoms with van der Waals surface area (Å²) in [6, 6.07) is 23.4. The van der Waals surface area contributed by atoms with Crippen LogP contribution in [0.1, 0.15) is 87.3 Å². The Morgan fingerprint density at radius 2 is 1.55 bits per heavy atom. The second kappa shape index (κ2) is 17.1. The third kappa shape index (κ3) is 8.65. The number of nitrogens with one attached hydrogen (secondary N) is 1. The van der Waals surface area contributed by atoms with Crippen molar-refractivity contribution in [1.82, 2.24) is 4.98 Å². The number of Topliss-reactive ketones (excluding diaryl/α,β-unsaturated/α-hetero) is 1. The number of pyridine rings is 1. The number of methoxy groups -OCH3 is 1. The fourth-order valence-corrected chi connectivity index (χ4v) is 8.97. The van der Waals surface area contributed by atoms with Crippen LogP contribution in [0.25, 0.3) is 10.8 Å². The maximum Gasteiger partial charge on any atom is 0.200 e. The molecule has 0 radical (unpaired) electrons. The molecule has 1 aromatic heterocycles. The molecule has 1 heterocycles. The molecular formula is C46H52N2O8. The molecule has 5 aromatic rings. The van der Waals surface area contributed by atoms with Crippen LogP contribution < -0.4 is 14.8 Å². The van der Waals surface area contributed by atoms with Gasteiger partial charge in [-0.3, -0.25) is 4.79 Å². The van der Waals surface area contributed by atoms with E-state index in [2.05, 4.69) is 10.3 Å². The number of anilines is 2. The zero-order valence-corrected chi connectivity index (χ0v) is 31.9. The van der Waals surface area contributed by atoms with Gasteiger partial charge in [-0.05, 0) is 146 Å². The molecule has 2 fully saturated rings. The lowest BCUT2D eigenvalue weighted by atomic mass is 9.64. The first-order chi connectivity index (χ1) is 27.1. The molecule has 6 N–H and O–H groups in total. The number of hydrogen-bond donors (Lipinski definition) is 6. The Kier molecular flexibility index (Phi) is 11.9. The van der Waals surface area contributed by atoms with Crippen molar-refractivity contribution in [1.29, 1.82) is 0 Å². The molecule has 0 amide bonds. The van der Waals surface area contributed by atoms with Gasteiger partial charge in [-0.25, -0.2) is 4.98 Å². The standard InChI is InChI=1S/C46H52N2O8/c1-55-41-24-29(9-16-37(41)50)10-17-38(51)44(39(52)18-11-30-23-40(53)45(54)42(25-30)56-36-7-3-2-4-8-36)46(20-5-6-21-46)33-19-22-47-43(28-33)48-34-14-12-32-27-35(49)15-13-31(32)26-34/h9,12-16,19,22-28,36,38,44,49-51,53-54H,2-8,10-11,17-18,20-21H2,1H3,(H,47,48)/t38-,44-/m1/s1. The van der Waals surface area contributed by atoms with Crippen LogP contribution >= 0.6 is 0 Å². The Bertz CT molecular complexity index is 2160. The number of aliphatic hydroxyl groups excluding tert-OH is 1. The van der Waals surface area contributed by atoms with E-state index < -0.39 is 17.4 Å². The van der Waals surface area contributed by atoms with Crippen LogP contribution in [0, 0.1) is 5.92 Å². The number of benzene rings is 4. The summed E-state index contributed by atoms with van der Waals surface area (Å²) in [7, 11) is 1.49. The summed E-state index contributed by atoms with van der Waals surface area (Å²) in [5, 5.41) is 58.9. The van der Waals surface area contributed by atoms with Gasteiger partial charge < -0.3 is 40.3 Å². The van der Waals surface area contributed by atoms with Crippen LogP contribution in [-0.2, 0) is 23.1 Å². The lowest BCUT2D eigenvalue weighted by Crippen LogP contribution is -2.45. The van der Waals surface area contributed by atoms with Crippen LogP contribution in [-0.4, -0.2) is 55.6 Å². The predicted molar refractivity (Wildman–Crippen MR) is 216 cm³/mol. The van der Waals surface area contributed by atoms with Gasteiger partial charge in [0.25, 0.3) is 0 Å². The van der Waals surface area contributed by atoms with Crippen molar-refractivity contribution in [2.75, 3.05) is 12.4 Å². The average Bonchev–Trinajstić information content (AvgIpc) is 3.70. The van der Waals surface area contributed by atoms with E-state index in [1.54, 1.807) is 42.6 Å². The highest BCUT2D eigenvalue weighted by Gasteiger charge is 2.49. The molecule has 7 rings (SSSR count). The summed E-state index contributed by atoms with van der Waals surface area (Å²) in [6.07, 6.45) is 10.2. The van der Waals surface area contributed by atoms with Crippen LogP contribution in [0.5, 0.6) is 34.5 Å². The third-order valence-electron chi connectivity index (χ3n) is 11.8. The molecule has 0 unspecified atom stereocenters. The maximum absolute atomic E-state index is 14.8. The Balaban J connectivity index is 1.17. The number of rotatable bonds is 15. The summed E-state index contributed by atoms with van der Waals surface area (Å²) in [5.41, 5.74) is 2.65. The van der Waals surface area contributed by atoms with Gasteiger partial charge in [0.15, 0.2) is 23.0 Å². The van der Waals surface area contributed by atoms with Crippen LogP contribution in [0.3, 0.4) is 0 Å². The van der Waals surface area contributed by atoms with Crippen LogP contribution in [0.15, 0.2) is 85.1 Å². The van der Waals surface area contributed by atoms with Crippen molar-refractivity contribution < 1.29 is 39.8 Å². The first-order valence-electron chi connectivity index (χ1n) is 19.9. The molecule has 0 saturated heterocycles. The fraction of sp³-hybridized carbons (Fsp3) is 0.391. The second-order valence-electron chi connectivity index (χ2n) is 15.6. The molecule has 56 heavy (non-hydrogen) atoms. The zero-order chi connectivity index (χ0) is 39.2. The smallest absolute Gasteiger partial charge is 0.200 e. The molecule has 2 aliphatic rings. The minimum atomic E-state index is -0.986. The van der Waals surface area contributed by atoms with Crippen molar-refractivity contribution in [3.05, 3.63) is 102 Å². The number of ether oxygens (including phenoxy) is 2. The van der Waals surface area contributed by atoms with Gasteiger partial charge in [0, 0.05) is 23.7 Å². The molecule has 2 saturated carbocycles. The quantitative estimate of drug-likeness (QED) is 0.0568. The molecular weight excluding hydrogens is 709 g/mol. The number of aryl methyl sites for hydroxylation is 2. The Hall–Kier alpha value is -5.48. The molecule has 10 heteroatoms. The van der Waals surface area contributed by atoms with Gasteiger partial charge in [0.2, 0.25) is 5.75 Å². The summed E-state index contributed by atoms with van der Waals surface area (Å²) in [5.74, 6) is 0.0519. The lowest BCUT2D eigenvalue weighted by Gasteiger charge is -2.40. The van der Waals surface area contributed by atoms with Gasteiger partial charge in [-0.1, -0.05) is 37.5 Å². The predicted octanol–water partition coefficient (Wildman–Crippen LogP) is 9.14. The highest BCUT2D eigenvalue weighted by molar-refractivity contribution is 5.87. The number of hydrogen-bond acceptors (Lipinski definition) is 10. The van der Waals surface area contributed by atoms with Crippen LogP contribution in [0.4, 0.5) is 11.5 Å². The minimum absolute atomic E-state index is 0.0308. The number of nitrogens with zero attached hydrogens (tertiary/aromatic N) is 1. The SMILES string of the molecule is COc1cc(CC[C@@H](O)[C@H](C(=O)CCc2cc(O)c(O)c(OC3CCCCC3)c2)C2(c3ccnc(Nc4ccc5cc(O)ccc5c4)c3)CCCC2)ccc1O. The molecule has 0 spiro atoms. The van der Waals surface area contributed by atoms with Crippen molar-refractivity contribution in [2.45, 2.75) is 101 Å². The van der Waals surface area contributed by atoms with E-state index in [1.165, 1.54) is 13.2 Å². The van der Waals surface area contributed by atoms with E-state index in [4.69, 9.17) is 9.47 Å². The lowest BCUT2D eigenvalue weighted by molar-refractivity contribution is -0.130. The second-order valence-corrected chi connectivity index (χ2v) is 15.6. The number of ketones is 1. The number of aliphatic hydroxyl groups is 1. The number of aromatic nitrogens is 1. The Labute approximate surface area is 327 Å². The van der Waals surface area contributed by atoms with E-state index in [0.717, 1.165) is 85.4 Å². The number of fused-ring (bicyclic) bond motifs is 1. The van der Waals surface area contributed by atoms with E-state index in [-0.39, 0.29) is 47.1 Å². The van der Waals surface area contributed by atoms with Crippen molar-refractivity contribution >= 4 is 28.1 Å². The van der Waals surface area contributed by atoms with Crippen LogP contribution in [0.2, 0.25) is 0 Å². The summed E-state index contributed by atoms with van der Waals surface area (Å²) in [6.45, 7) is 0. The molecule has 294 valence electrons. The molecule has 10 nitrogen and oxygen atoms in total. The highest BCUT2D eigenvalue weighted by atomic mass is 16.5. The van der Waals surface area contributed by atoms with Gasteiger partial charge in [-0.15, -0.1) is 0 Å². The number of phenolic OH excluding ortho intramolecular Hbond substituents is 4. The normalized spacial score (nSPS) is 16.7. The Morgan fingerprint density at radius 1 is 0.804 bits per heavy atom. The van der Waals surface area contributed by atoms with Crippen molar-refractivity contribution in [2.24, 2.45) is 5.92 Å². The van der Waals surface area contributed by atoms with E-state index in [0.29, 0.717) is 36.4 Å². The summed E-state index contributed by atoms with van der Waals surface area (Å²) in [4.78, 5) is 19.4. The minimum Gasteiger partial charge on any atom is -0.508 e. The highest BCUT2D eigenvalue weighted by Crippen LogP contribution is 2.50. The number of carbonyl (C=O) groups excluding carboxylic acids is 1. The van der Waals surface area contributed by atoms with Gasteiger partial charge in [0.1, 0.15) is 17.4 Å². The van der Waals surface area contributed by atoms with E-state index in [9.17, 15) is 30.3 Å². The number of phenols is 4. The Morgan fingerprint density at radius 3 is 2.34 bits per heavy atom. The average molecular weight is 761 g/mol. The van der Waals surface area contributed by atoms with Gasteiger partial charge in [-0.2, -0.15) is 0 Å². The molecule has 0 bridgehead atoms. The number of aromatic hydroxyl groups is 4. The topological polar surface area (TPSA) is 162 Å². The van der Waals surface area contributed by atoms with Gasteiger partial charge >= 0.3 is 0 Å². The van der Waals surface area contributed by atoms with Crippen molar-refractivity contribution in [3.8, 4) is 34.5 Å². The first-order valence-corrected chi connectivity index (χ1v) is 19.9. The molecule has 4 aromatic carbocycles. The fourth-order valence-electron chi connectivity index (χ4n) is 8.97. The summed E-state index contributed by atoms with van der Waals surface area (Å²) < 4.78 is 11.5. The maximum atomic E-state index is 14.8.